The molecule has 212 valence electrons. The van der Waals surface area contributed by atoms with Crippen molar-refractivity contribution in [2.75, 3.05) is 32.6 Å². The fourth-order valence-corrected chi connectivity index (χ4v) is 5.75. The quantitative estimate of drug-likeness (QED) is 0.141. The van der Waals surface area contributed by atoms with Crippen LogP contribution >= 0.6 is 11.8 Å². The lowest BCUT2D eigenvalue weighted by molar-refractivity contribution is -0.268. The zero-order valence-corrected chi connectivity index (χ0v) is 23.7. The van der Waals surface area contributed by atoms with Crippen molar-refractivity contribution in [2.24, 2.45) is 0 Å². The fraction of sp³-hybridized carbons (Fsp3) is 0.273. The average molecular weight is 571 g/mol. The maximum atomic E-state index is 12.4. The van der Waals surface area contributed by atoms with Gasteiger partial charge in [-0.1, -0.05) is 60.7 Å². The summed E-state index contributed by atoms with van der Waals surface area (Å²) in [7, 11) is 0. The molecule has 0 N–H and O–H groups in total. The first-order valence-electron chi connectivity index (χ1n) is 13.6. The van der Waals surface area contributed by atoms with Crippen LogP contribution in [0.3, 0.4) is 0 Å². The number of ether oxygens (including phenoxy) is 3. The van der Waals surface area contributed by atoms with Gasteiger partial charge in [-0.15, -0.1) is 11.8 Å². The second-order valence-electron chi connectivity index (χ2n) is 9.89. The highest BCUT2D eigenvalue weighted by molar-refractivity contribution is 7.98. The van der Waals surface area contributed by atoms with E-state index in [9.17, 15) is 14.7 Å². The second-order valence-corrected chi connectivity index (χ2v) is 10.7. The molecule has 0 saturated carbocycles. The topological polar surface area (TPSA) is 88.1 Å². The Kier molecular flexibility index (Phi) is 9.44. The number of rotatable bonds is 10. The number of hydrogen-bond acceptors (Lipinski definition) is 7. The zero-order valence-electron chi connectivity index (χ0n) is 22.9. The number of likely N-dealkylation sites (tertiary alicyclic amines) is 1. The van der Waals surface area contributed by atoms with Crippen LogP contribution in [0, 0.1) is 0 Å². The number of esters is 1. The molecule has 2 unspecified atom stereocenters. The smallest absolute Gasteiger partial charge is 0.339 e. The zero-order chi connectivity index (χ0) is 28.6. The van der Waals surface area contributed by atoms with Crippen molar-refractivity contribution >= 4 is 34.6 Å². The molecule has 0 aromatic heterocycles. The molecule has 1 amide bonds. The highest BCUT2D eigenvalue weighted by Crippen LogP contribution is 2.32. The minimum atomic E-state index is -1.18. The Bertz CT molecular complexity index is 1490. The van der Waals surface area contributed by atoms with Gasteiger partial charge < -0.3 is 29.0 Å². The first kappa shape index (κ1) is 28.5. The molecule has 5 rings (SSSR count). The Balaban J connectivity index is 1.18. The molecule has 4 aromatic carbocycles. The molecule has 1 aliphatic heterocycles. The van der Waals surface area contributed by atoms with Gasteiger partial charge >= 0.3 is 5.97 Å². The van der Waals surface area contributed by atoms with Crippen LogP contribution in [0.4, 0.5) is 4.79 Å². The van der Waals surface area contributed by atoms with Crippen molar-refractivity contribution in [3.63, 3.8) is 0 Å². The Morgan fingerprint density at radius 2 is 1.68 bits per heavy atom. The predicted octanol–water partition coefficient (Wildman–Crippen LogP) is 5.52. The predicted molar refractivity (Wildman–Crippen MR) is 157 cm³/mol. The van der Waals surface area contributed by atoms with Crippen molar-refractivity contribution in [1.82, 2.24) is 4.90 Å². The summed E-state index contributed by atoms with van der Waals surface area (Å²) in [5.41, 5.74) is 2.64. The minimum Gasteiger partial charge on any atom is -0.530 e. The van der Waals surface area contributed by atoms with E-state index in [-0.39, 0.29) is 37.7 Å². The summed E-state index contributed by atoms with van der Waals surface area (Å²) in [6.45, 7) is 1.40. The van der Waals surface area contributed by atoms with Crippen molar-refractivity contribution in [3.05, 3.63) is 108 Å². The molecule has 4 aromatic rings. The largest absolute Gasteiger partial charge is 0.530 e. The van der Waals surface area contributed by atoms with Crippen molar-refractivity contribution in [3.8, 4) is 5.75 Å². The number of hydrogen-bond donors (Lipinski definition) is 0. The molecule has 1 saturated heterocycles. The monoisotopic (exact) mass is 570 g/mol. The van der Waals surface area contributed by atoms with E-state index in [0.29, 0.717) is 30.9 Å². The third-order valence-corrected chi connectivity index (χ3v) is 8.11. The molecule has 2 atom stereocenters. The summed E-state index contributed by atoms with van der Waals surface area (Å²) < 4.78 is 17.5. The van der Waals surface area contributed by atoms with Crippen molar-refractivity contribution in [2.45, 2.75) is 29.9 Å². The van der Waals surface area contributed by atoms with E-state index in [4.69, 9.17) is 14.2 Å². The number of carbonyl (C=O) groups is 2. The van der Waals surface area contributed by atoms with Gasteiger partial charge in [-0.25, -0.2) is 4.79 Å². The standard InChI is InChI=1S/C33H33NO6S/c1-41-31-9-5-4-8-29(31)32(35)39-19-18-38-27-14-12-25(13-15-27)28-16-17-34(33(36)37)21-30(28)40-22-23-10-11-24-6-2-3-7-26(24)20-23/h2-15,20,28,30H,16-19,21-22H2,1H3,(H,36,37)/p-1. The summed E-state index contributed by atoms with van der Waals surface area (Å²) in [6.07, 6.45) is 1.06. The van der Waals surface area contributed by atoms with Gasteiger partial charge in [-0.05, 0) is 64.9 Å². The molecule has 0 spiro atoms. The van der Waals surface area contributed by atoms with Crippen LogP contribution in [-0.4, -0.2) is 55.6 Å². The Hall–Kier alpha value is -4.01. The number of fused-ring (bicyclic) bond motifs is 1. The van der Waals surface area contributed by atoms with Crippen LogP contribution < -0.4 is 9.84 Å². The highest BCUT2D eigenvalue weighted by atomic mass is 32.2. The minimum absolute atomic E-state index is 0.0255. The lowest BCUT2D eigenvalue weighted by Gasteiger charge is -2.40. The van der Waals surface area contributed by atoms with Crippen molar-refractivity contribution < 1.29 is 28.9 Å². The third-order valence-electron chi connectivity index (χ3n) is 7.32. The van der Waals surface area contributed by atoms with Gasteiger partial charge in [-0.2, -0.15) is 0 Å². The average Bonchev–Trinajstić information content (AvgIpc) is 3.02. The number of carbonyl (C=O) groups excluding carboxylic acids is 2. The van der Waals surface area contributed by atoms with E-state index in [1.165, 1.54) is 16.7 Å². The van der Waals surface area contributed by atoms with Gasteiger partial charge in [0.2, 0.25) is 0 Å². The molecule has 1 fully saturated rings. The summed E-state index contributed by atoms with van der Waals surface area (Å²) in [6, 6.07) is 29.5. The highest BCUT2D eigenvalue weighted by Gasteiger charge is 2.31. The van der Waals surface area contributed by atoms with E-state index in [0.717, 1.165) is 26.8 Å². The number of thioether (sulfide) groups is 1. The molecule has 1 heterocycles. The van der Waals surface area contributed by atoms with Crippen LogP contribution in [-0.2, 0) is 16.1 Å². The first-order valence-corrected chi connectivity index (χ1v) is 14.8. The fourth-order valence-electron chi connectivity index (χ4n) is 5.16. The van der Waals surface area contributed by atoms with Gasteiger partial charge in [0, 0.05) is 23.9 Å². The normalized spacial score (nSPS) is 16.9. The van der Waals surface area contributed by atoms with E-state index < -0.39 is 6.09 Å². The number of amides is 1. The molecule has 7 nitrogen and oxygen atoms in total. The van der Waals surface area contributed by atoms with E-state index >= 15 is 0 Å². The second kappa shape index (κ2) is 13.6. The Morgan fingerprint density at radius 3 is 2.46 bits per heavy atom. The molecular formula is C33H32NO6S-. The van der Waals surface area contributed by atoms with Gasteiger partial charge in [0.1, 0.15) is 25.1 Å². The summed E-state index contributed by atoms with van der Waals surface area (Å²) in [5.74, 6) is 0.319. The van der Waals surface area contributed by atoms with Crippen LogP contribution in [0.2, 0.25) is 0 Å². The summed E-state index contributed by atoms with van der Waals surface area (Å²) >= 11 is 1.50. The number of carboxylic acid groups (broad SMARTS) is 1. The molecule has 8 heteroatoms. The molecule has 0 radical (unpaired) electrons. The van der Waals surface area contributed by atoms with Crippen molar-refractivity contribution in [1.29, 1.82) is 0 Å². The maximum absolute atomic E-state index is 12.4. The van der Waals surface area contributed by atoms with E-state index in [1.54, 1.807) is 6.07 Å². The Labute approximate surface area is 244 Å². The number of piperidine rings is 1. The maximum Gasteiger partial charge on any atom is 0.339 e. The molecule has 41 heavy (non-hydrogen) atoms. The van der Waals surface area contributed by atoms with Crippen LogP contribution in [0.5, 0.6) is 5.75 Å². The number of benzene rings is 4. The van der Waals surface area contributed by atoms with Gasteiger partial charge in [0.05, 0.1) is 18.3 Å². The molecule has 1 aliphatic rings. The molecular weight excluding hydrogens is 538 g/mol. The number of nitrogens with zero attached hydrogens (tertiary/aromatic N) is 1. The van der Waals surface area contributed by atoms with E-state index in [2.05, 4.69) is 24.3 Å². The van der Waals surface area contributed by atoms with Crippen LogP contribution in [0.25, 0.3) is 10.8 Å². The van der Waals surface area contributed by atoms with Crippen LogP contribution in [0.15, 0.2) is 95.9 Å². The van der Waals surface area contributed by atoms with Gasteiger partial charge in [0.25, 0.3) is 0 Å². The van der Waals surface area contributed by atoms with Gasteiger partial charge in [0.15, 0.2) is 0 Å². The lowest BCUT2D eigenvalue weighted by Crippen LogP contribution is -2.51. The lowest BCUT2D eigenvalue weighted by atomic mass is 9.87. The van der Waals surface area contributed by atoms with E-state index in [1.807, 2.05) is 66.9 Å². The molecule has 0 bridgehead atoms. The van der Waals surface area contributed by atoms with Crippen LogP contribution in [0.1, 0.15) is 33.8 Å². The third kappa shape index (κ3) is 7.20. The SMILES string of the molecule is CSc1ccccc1C(=O)OCCOc1ccc(C2CCN(C(=O)[O-])CC2OCc2ccc3ccccc3c2)cc1. The summed E-state index contributed by atoms with van der Waals surface area (Å²) in [5, 5.41) is 13.9. The summed E-state index contributed by atoms with van der Waals surface area (Å²) in [4.78, 5) is 26.2. The first-order chi connectivity index (χ1) is 20.0. The van der Waals surface area contributed by atoms with Gasteiger partial charge in [-0.3, -0.25) is 0 Å². The molecule has 0 aliphatic carbocycles. The Morgan fingerprint density at radius 1 is 0.927 bits per heavy atom.